The summed E-state index contributed by atoms with van der Waals surface area (Å²) in [4.78, 5) is 11.1. The average molecular weight is 228 g/mol. The second-order valence-corrected chi connectivity index (χ2v) is 4.94. The van der Waals surface area contributed by atoms with Gasteiger partial charge in [0.25, 0.3) is 0 Å². The van der Waals surface area contributed by atoms with E-state index in [4.69, 9.17) is 0 Å². The highest BCUT2D eigenvalue weighted by molar-refractivity contribution is 7.89. The van der Waals surface area contributed by atoms with Gasteiger partial charge in [-0.15, -0.1) is 0 Å². The molecule has 82 valence electrons. The predicted octanol–water partition coefficient (Wildman–Crippen LogP) is 1.08. The van der Waals surface area contributed by atoms with Gasteiger partial charge < -0.3 is 5.32 Å². The van der Waals surface area contributed by atoms with Crippen LogP contribution in [-0.2, 0) is 10.0 Å². The van der Waals surface area contributed by atoms with Crippen LogP contribution in [-0.4, -0.2) is 20.7 Å². The lowest BCUT2D eigenvalue weighted by molar-refractivity contribution is 0.256. The number of anilines is 1. The van der Waals surface area contributed by atoms with E-state index < -0.39 is 16.1 Å². The Labute approximate surface area is 88.5 Å². The molecule has 0 heterocycles. The number of aryl methyl sites for hydroxylation is 1. The largest absolute Gasteiger partial charge is 0.332 e. The van der Waals surface area contributed by atoms with E-state index >= 15 is 0 Å². The van der Waals surface area contributed by atoms with Crippen molar-refractivity contribution in [2.24, 2.45) is 0 Å². The quantitative estimate of drug-likeness (QED) is 0.795. The van der Waals surface area contributed by atoms with Gasteiger partial charge in [-0.25, -0.2) is 17.9 Å². The van der Waals surface area contributed by atoms with Crippen molar-refractivity contribution in [2.45, 2.75) is 6.92 Å². The maximum atomic E-state index is 11.1. The molecule has 1 aromatic rings. The van der Waals surface area contributed by atoms with Gasteiger partial charge in [-0.2, -0.15) is 0 Å². The molecule has 0 fully saturated rings. The number of rotatable bonds is 2. The van der Waals surface area contributed by atoms with Crippen LogP contribution in [0.15, 0.2) is 24.3 Å². The zero-order chi connectivity index (χ0) is 11.5. The Morgan fingerprint density at radius 1 is 1.20 bits per heavy atom. The minimum absolute atomic E-state index is 0.543. The van der Waals surface area contributed by atoms with Crippen LogP contribution >= 0.6 is 0 Å². The topological polar surface area (TPSA) is 75.3 Å². The number of hydrogen-bond donors (Lipinski definition) is 2. The number of nitrogens with one attached hydrogen (secondary N) is 2. The minimum Gasteiger partial charge on any atom is -0.307 e. The second kappa shape index (κ2) is 4.31. The molecule has 0 spiro atoms. The van der Waals surface area contributed by atoms with Crippen LogP contribution in [0.25, 0.3) is 0 Å². The number of carbonyl (C=O) groups is 1. The highest BCUT2D eigenvalue weighted by atomic mass is 32.2. The first-order valence-electron chi connectivity index (χ1n) is 4.22. The Morgan fingerprint density at radius 2 is 1.73 bits per heavy atom. The Morgan fingerprint density at radius 3 is 2.20 bits per heavy atom. The lowest BCUT2D eigenvalue weighted by Gasteiger charge is -2.05. The van der Waals surface area contributed by atoms with E-state index in [0.29, 0.717) is 5.69 Å². The van der Waals surface area contributed by atoms with Crippen molar-refractivity contribution in [1.29, 1.82) is 0 Å². The van der Waals surface area contributed by atoms with Gasteiger partial charge in [0.15, 0.2) is 0 Å². The third-order valence-electron chi connectivity index (χ3n) is 1.59. The molecule has 0 aliphatic rings. The smallest absolute Gasteiger partial charge is 0.307 e. The van der Waals surface area contributed by atoms with Crippen LogP contribution in [0.3, 0.4) is 0 Å². The summed E-state index contributed by atoms with van der Waals surface area (Å²) in [6.45, 7) is 1.92. The molecule has 0 atom stereocenters. The first-order valence-corrected chi connectivity index (χ1v) is 6.11. The highest BCUT2D eigenvalue weighted by Crippen LogP contribution is 2.07. The van der Waals surface area contributed by atoms with E-state index in [0.717, 1.165) is 11.8 Å². The zero-order valence-electron chi connectivity index (χ0n) is 8.44. The van der Waals surface area contributed by atoms with Crippen molar-refractivity contribution in [2.75, 3.05) is 11.6 Å². The summed E-state index contributed by atoms with van der Waals surface area (Å²) in [5.74, 6) is 0. The molecule has 1 rings (SSSR count). The molecule has 0 radical (unpaired) electrons. The zero-order valence-corrected chi connectivity index (χ0v) is 9.26. The molecule has 0 saturated carbocycles. The summed E-state index contributed by atoms with van der Waals surface area (Å²) in [5, 5.41) is 2.40. The van der Waals surface area contributed by atoms with Gasteiger partial charge >= 0.3 is 6.03 Å². The fourth-order valence-corrected chi connectivity index (χ4v) is 1.35. The van der Waals surface area contributed by atoms with Crippen LogP contribution in [0, 0.1) is 6.92 Å². The lowest BCUT2D eigenvalue weighted by atomic mass is 10.2. The number of amides is 2. The molecule has 2 amide bonds. The van der Waals surface area contributed by atoms with E-state index in [9.17, 15) is 13.2 Å². The molecule has 0 aliphatic carbocycles. The van der Waals surface area contributed by atoms with Gasteiger partial charge in [0.1, 0.15) is 0 Å². The molecule has 0 saturated heterocycles. The molecular formula is C9H12N2O3S. The standard InChI is InChI=1S/C9H12N2O3S/c1-7-3-5-8(6-4-7)10-9(12)11-15(2,13)14/h3-6H,1-2H3,(H2,10,11,12). The Kier molecular flexibility index (Phi) is 3.31. The summed E-state index contributed by atoms with van der Waals surface area (Å²) in [6.07, 6.45) is 0.918. The summed E-state index contributed by atoms with van der Waals surface area (Å²) >= 11 is 0. The Balaban J connectivity index is 2.63. The van der Waals surface area contributed by atoms with Gasteiger partial charge in [-0.3, -0.25) is 0 Å². The summed E-state index contributed by atoms with van der Waals surface area (Å²) in [5.41, 5.74) is 1.60. The maximum absolute atomic E-state index is 11.1. The van der Waals surface area contributed by atoms with Crippen LogP contribution in [0.1, 0.15) is 5.56 Å². The molecule has 0 unspecified atom stereocenters. The van der Waals surface area contributed by atoms with Crippen LogP contribution < -0.4 is 10.0 Å². The van der Waals surface area contributed by atoms with Crippen molar-refractivity contribution >= 4 is 21.7 Å². The molecule has 6 heteroatoms. The second-order valence-electron chi connectivity index (χ2n) is 3.19. The molecule has 0 aromatic heterocycles. The number of hydrogen-bond acceptors (Lipinski definition) is 3. The fourth-order valence-electron chi connectivity index (χ4n) is 0.962. The molecule has 0 bridgehead atoms. The SMILES string of the molecule is Cc1ccc(NC(=O)NS(C)(=O)=O)cc1. The highest BCUT2D eigenvalue weighted by Gasteiger charge is 2.07. The van der Waals surface area contributed by atoms with Crippen LogP contribution in [0.4, 0.5) is 10.5 Å². The van der Waals surface area contributed by atoms with E-state index in [1.807, 2.05) is 19.1 Å². The third-order valence-corrected chi connectivity index (χ3v) is 2.14. The molecule has 15 heavy (non-hydrogen) atoms. The lowest BCUT2D eigenvalue weighted by Crippen LogP contribution is -2.33. The number of sulfonamides is 1. The van der Waals surface area contributed by atoms with Gasteiger partial charge in [-0.05, 0) is 19.1 Å². The van der Waals surface area contributed by atoms with E-state index in [1.54, 1.807) is 16.9 Å². The molecule has 1 aromatic carbocycles. The van der Waals surface area contributed by atoms with E-state index in [2.05, 4.69) is 5.32 Å². The number of benzene rings is 1. The summed E-state index contributed by atoms with van der Waals surface area (Å²) < 4.78 is 23.2. The van der Waals surface area contributed by atoms with E-state index in [-0.39, 0.29) is 0 Å². The molecule has 0 aliphatic heterocycles. The van der Waals surface area contributed by atoms with Crippen molar-refractivity contribution in [1.82, 2.24) is 4.72 Å². The Bertz CT molecular complexity index is 451. The van der Waals surface area contributed by atoms with Crippen molar-refractivity contribution in [3.05, 3.63) is 29.8 Å². The first kappa shape index (κ1) is 11.5. The van der Waals surface area contributed by atoms with Crippen molar-refractivity contribution < 1.29 is 13.2 Å². The van der Waals surface area contributed by atoms with Crippen molar-refractivity contribution in [3.8, 4) is 0 Å². The van der Waals surface area contributed by atoms with Crippen LogP contribution in [0.2, 0.25) is 0 Å². The summed E-state index contributed by atoms with van der Waals surface area (Å²) in [6, 6.07) is 6.25. The van der Waals surface area contributed by atoms with Gasteiger partial charge in [0.05, 0.1) is 6.26 Å². The molecular weight excluding hydrogens is 216 g/mol. The molecule has 5 nitrogen and oxygen atoms in total. The number of urea groups is 1. The van der Waals surface area contributed by atoms with Gasteiger partial charge in [0, 0.05) is 5.69 Å². The Hall–Kier alpha value is -1.56. The monoisotopic (exact) mass is 228 g/mol. The molecule has 2 N–H and O–H groups in total. The normalized spacial score (nSPS) is 10.8. The van der Waals surface area contributed by atoms with Gasteiger partial charge in [0.2, 0.25) is 10.0 Å². The first-order chi connectivity index (χ1) is 6.87. The number of carbonyl (C=O) groups excluding carboxylic acids is 1. The van der Waals surface area contributed by atoms with Crippen molar-refractivity contribution in [3.63, 3.8) is 0 Å². The summed E-state index contributed by atoms with van der Waals surface area (Å²) in [7, 11) is -3.51. The van der Waals surface area contributed by atoms with Gasteiger partial charge in [-0.1, -0.05) is 17.7 Å². The third kappa shape index (κ3) is 4.46. The maximum Gasteiger partial charge on any atom is 0.332 e. The fraction of sp³-hybridized carbons (Fsp3) is 0.222. The van der Waals surface area contributed by atoms with Crippen LogP contribution in [0.5, 0.6) is 0 Å². The average Bonchev–Trinajstić information content (AvgIpc) is 2.05. The predicted molar refractivity (Wildman–Crippen MR) is 58.2 cm³/mol. The minimum atomic E-state index is -3.51. The van der Waals surface area contributed by atoms with E-state index in [1.165, 1.54) is 0 Å².